The minimum atomic E-state index is -0.868. The van der Waals surface area contributed by atoms with E-state index in [2.05, 4.69) is 5.32 Å². The van der Waals surface area contributed by atoms with Crippen molar-refractivity contribution < 1.29 is 23.1 Å². The average Bonchev–Trinajstić information content (AvgIpc) is 2.53. The molecule has 6 heteroatoms. The maximum Gasteiger partial charge on any atom is 0.229 e. The molecule has 0 saturated heterocycles. The lowest BCUT2D eigenvalue weighted by atomic mass is 9.95. The summed E-state index contributed by atoms with van der Waals surface area (Å²) in [5, 5.41) is 2.75. The van der Waals surface area contributed by atoms with Crippen molar-refractivity contribution in [2.75, 3.05) is 11.9 Å². The molecule has 4 nitrogen and oxygen atoms in total. The van der Waals surface area contributed by atoms with Crippen molar-refractivity contribution in [2.24, 2.45) is 5.41 Å². The van der Waals surface area contributed by atoms with Gasteiger partial charge in [-0.05, 0) is 36.4 Å². The summed E-state index contributed by atoms with van der Waals surface area (Å²) in [5.74, 6) is -2.28. The molecular weight excluding hydrogens is 328 g/mol. The van der Waals surface area contributed by atoms with Gasteiger partial charge in [-0.1, -0.05) is 20.8 Å². The molecule has 0 aliphatic rings. The van der Waals surface area contributed by atoms with E-state index in [9.17, 15) is 18.4 Å². The summed E-state index contributed by atoms with van der Waals surface area (Å²) < 4.78 is 31.4. The van der Waals surface area contributed by atoms with Crippen LogP contribution in [0.5, 0.6) is 5.75 Å². The Morgan fingerprint density at radius 2 is 1.68 bits per heavy atom. The Hall–Kier alpha value is -2.76. The maximum absolute atomic E-state index is 13.5. The fraction of sp³-hybridized carbons (Fsp3) is 0.263. The van der Waals surface area contributed by atoms with Gasteiger partial charge in [0.2, 0.25) is 5.91 Å². The lowest BCUT2D eigenvalue weighted by molar-refractivity contribution is -0.123. The topological polar surface area (TPSA) is 55.4 Å². The van der Waals surface area contributed by atoms with Gasteiger partial charge in [0.25, 0.3) is 0 Å². The SMILES string of the molecule is CC(C)(C)C(=O)Nc1ccc(C(=O)COc2ccc(F)cc2F)cc1. The molecule has 2 rings (SSSR count). The van der Waals surface area contributed by atoms with Gasteiger partial charge in [0.05, 0.1) is 0 Å². The van der Waals surface area contributed by atoms with Crippen LogP contribution in [0.1, 0.15) is 31.1 Å². The van der Waals surface area contributed by atoms with Crippen LogP contribution in [0.3, 0.4) is 0 Å². The Morgan fingerprint density at radius 1 is 1.04 bits per heavy atom. The van der Waals surface area contributed by atoms with Gasteiger partial charge in [0, 0.05) is 22.7 Å². The van der Waals surface area contributed by atoms with E-state index in [1.54, 1.807) is 45.0 Å². The molecule has 25 heavy (non-hydrogen) atoms. The summed E-state index contributed by atoms with van der Waals surface area (Å²) in [6, 6.07) is 9.17. The molecule has 0 heterocycles. The number of nitrogens with one attached hydrogen (secondary N) is 1. The summed E-state index contributed by atoms with van der Waals surface area (Å²) in [6.45, 7) is 5.01. The normalized spacial score (nSPS) is 11.1. The second-order valence-corrected chi connectivity index (χ2v) is 6.57. The standard InChI is InChI=1S/C19H19F2NO3/c1-19(2,3)18(24)22-14-7-4-12(5-8-14)16(23)11-25-17-9-6-13(20)10-15(17)21/h4-10H,11H2,1-3H3,(H,22,24). The lowest BCUT2D eigenvalue weighted by Gasteiger charge is -2.17. The molecule has 0 fully saturated rings. The Kier molecular flexibility index (Phi) is 5.51. The molecule has 0 aliphatic carbocycles. The summed E-state index contributed by atoms with van der Waals surface area (Å²) >= 11 is 0. The minimum absolute atomic E-state index is 0.137. The first-order valence-electron chi connectivity index (χ1n) is 7.69. The van der Waals surface area contributed by atoms with Gasteiger partial charge >= 0.3 is 0 Å². The van der Waals surface area contributed by atoms with E-state index < -0.39 is 17.0 Å². The highest BCUT2D eigenvalue weighted by Gasteiger charge is 2.21. The van der Waals surface area contributed by atoms with Crippen LogP contribution in [0.15, 0.2) is 42.5 Å². The Balaban J connectivity index is 1.97. The van der Waals surface area contributed by atoms with Gasteiger partial charge in [-0.25, -0.2) is 8.78 Å². The van der Waals surface area contributed by atoms with Crippen LogP contribution in [0.4, 0.5) is 14.5 Å². The highest BCUT2D eigenvalue weighted by molar-refractivity contribution is 5.98. The molecule has 1 N–H and O–H groups in total. The molecule has 0 spiro atoms. The number of anilines is 1. The quantitative estimate of drug-likeness (QED) is 0.824. The molecular formula is C19H19F2NO3. The van der Waals surface area contributed by atoms with Crippen LogP contribution in [0.25, 0.3) is 0 Å². The predicted molar refractivity (Wildman–Crippen MR) is 90.7 cm³/mol. The van der Waals surface area contributed by atoms with Crippen LogP contribution in [0, 0.1) is 17.0 Å². The maximum atomic E-state index is 13.5. The van der Waals surface area contributed by atoms with E-state index in [1.165, 1.54) is 0 Å². The van der Waals surface area contributed by atoms with Gasteiger partial charge in [-0.15, -0.1) is 0 Å². The van der Waals surface area contributed by atoms with Crippen molar-refractivity contribution in [3.8, 4) is 5.75 Å². The van der Waals surface area contributed by atoms with Crippen molar-refractivity contribution in [3.63, 3.8) is 0 Å². The number of ketones is 1. The summed E-state index contributed by atoms with van der Waals surface area (Å²) in [5.41, 5.74) is 0.403. The summed E-state index contributed by atoms with van der Waals surface area (Å²) in [6.07, 6.45) is 0. The van der Waals surface area contributed by atoms with E-state index in [0.717, 1.165) is 12.1 Å². The number of carbonyl (C=O) groups excluding carboxylic acids is 2. The van der Waals surface area contributed by atoms with E-state index in [-0.39, 0.29) is 24.0 Å². The molecule has 0 unspecified atom stereocenters. The molecule has 2 aromatic carbocycles. The highest BCUT2D eigenvalue weighted by atomic mass is 19.1. The third kappa shape index (κ3) is 5.11. The van der Waals surface area contributed by atoms with Crippen molar-refractivity contribution in [3.05, 3.63) is 59.7 Å². The van der Waals surface area contributed by atoms with Crippen LogP contribution < -0.4 is 10.1 Å². The first-order valence-corrected chi connectivity index (χ1v) is 7.69. The Bertz CT molecular complexity index is 780. The van der Waals surface area contributed by atoms with Gasteiger partial charge in [-0.3, -0.25) is 9.59 Å². The molecule has 0 saturated carbocycles. The predicted octanol–water partition coefficient (Wildman–Crippen LogP) is 4.21. The molecule has 132 valence electrons. The lowest BCUT2D eigenvalue weighted by Crippen LogP contribution is -2.27. The minimum Gasteiger partial charge on any atom is -0.482 e. The zero-order valence-electron chi connectivity index (χ0n) is 14.2. The van der Waals surface area contributed by atoms with E-state index in [1.807, 2.05) is 0 Å². The zero-order valence-corrected chi connectivity index (χ0v) is 14.2. The molecule has 0 radical (unpaired) electrons. The number of halogens is 2. The number of rotatable bonds is 5. The largest absolute Gasteiger partial charge is 0.482 e. The number of carbonyl (C=O) groups is 2. The van der Waals surface area contributed by atoms with Crippen LogP contribution in [-0.2, 0) is 4.79 Å². The number of Topliss-reactive ketones (excluding diaryl/α,β-unsaturated/α-hetero) is 1. The third-order valence-electron chi connectivity index (χ3n) is 3.40. The van der Waals surface area contributed by atoms with Gasteiger partial charge in [0.15, 0.2) is 24.0 Å². The molecule has 0 bridgehead atoms. The number of benzene rings is 2. The van der Waals surface area contributed by atoms with Crippen LogP contribution >= 0.6 is 0 Å². The Morgan fingerprint density at radius 3 is 2.24 bits per heavy atom. The van der Waals surface area contributed by atoms with Crippen molar-refractivity contribution in [2.45, 2.75) is 20.8 Å². The summed E-state index contributed by atoms with van der Waals surface area (Å²) in [7, 11) is 0. The molecule has 1 amide bonds. The fourth-order valence-electron chi connectivity index (χ4n) is 1.88. The second-order valence-electron chi connectivity index (χ2n) is 6.57. The van der Waals surface area contributed by atoms with Crippen molar-refractivity contribution in [1.82, 2.24) is 0 Å². The van der Waals surface area contributed by atoms with E-state index >= 15 is 0 Å². The van der Waals surface area contributed by atoms with Crippen LogP contribution in [-0.4, -0.2) is 18.3 Å². The summed E-state index contributed by atoms with van der Waals surface area (Å²) in [4.78, 5) is 24.0. The van der Waals surface area contributed by atoms with Gasteiger partial charge in [-0.2, -0.15) is 0 Å². The zero-order chi connectivity index (χ0) is 18.6. The number of ether oxygens (including phenoxy) is 1. The average molecular weight is 347 g/mol. The van der Waals surface area contributed by atoms with Crippen molar-refractivity contribution >= 4 is 17.4 Å². The molecule has 2 aromatic rings. The fourth-order valence-corrected chi connectivity index (χ4v) is 1.88. The van der Waals surface area contributed by atoms with E-state index in [4.69, 9.17) is 4.74 Å². The number of hydrogen-bond donors (Lipinski definition) is 1. The third-order valence-corrected chi connectivity index (χ3v) is 3.40. The first-order chi connectivity index (χ1) is 11.7. The second kappa shape index (κ2) is 7.42. The van der Waals surface area contributed by atoms with Gasteiger partial charge in [0.1, 0.15) is 5.82 Å². The molecule has 0 aromatic heterocycles. The Labute approximate surface area is 144 Å². The van der Waals surface area contributed by atoms with Crippen LogP contribution in [0.2, 0.25) is 0 Å². The van der Waals surface area contributed by atoms with Gasteiger partial charge < -0.3 is 10.1 Å². The molecule has 0 atom stereocenters. The molecule has 0 aliphatic heterocycles. The smallest absolute Gasteiger partial charge is 0.229 e. The highest BCUT2D eigenvalue weighted by Crippen LogP contribution is 2.19. The van der Waals surface area contributed by atoms with E-state index in [0.29, 0.717) is 17.3 Å². The number of amides is 1. The van der Waals surface area contributed by atoms with Crippen molar-refractivity contribution in [1.29, 1.82) is 0 Å². The monoisotopic (exact) mass is 347 g/mol. The number of hydrogen-bond acceptors (Lipinski definition) is 3. The first kappa shape index (κ1) is 18.6.